The summed E-state index contributed by atoms with van der Waals surface area (Å²) in [5.41, 5.74) is 5.73. The molecule has 1 aliphatic heterocycles. The van der Waals surface area contributed by atoms with Crippen molar-refractivity contribution in [2.45, 2.75) is 26.2 Å². The van der Waals surface area contributed by atoms with Crippen LogP contribution in [0.5, 0.6) is 0 Å². The normalized spacial score (nSPS) is 17.2. The van der Waals surface area contributed by atoms with Crippen LogP contribution in [0.1, 0.15) is 28.2 Å². The fourth-order valence-corrected chi connectivity index (χ4v) is 2.78. The number of rotatable bonds is 2. The zero-order valence-corrected chi connectivity index (χ0v) is 11.2. The van der Waals surface area contributed by atoms with Crippen molar-refractivity contribution in [1.82, 2.24) is 0 Å². The highest BCUT2D eigenvalue weighted by atomic mass is 16.2. The van der Waals surface area contributed by atoms with E-state index in [0.29, 0.717) is 0 Å². The molecule has 0 bridgehead atoms. The number of para-hydroxylation sites is 1. The Bertz CT molecular complexity index is 645. The fourth-order valence-electron chi connectivity index (χ4n) is 2.78. The molecule has 1 aliphatic rings. The topological polar surface area (TPSA) is 29.1 Å². The third-order valence-corrected chi connectivity index (χ3v) is 3.77. The van der Waals surface area contributed by atoms with Gasteiger partial charge in [0.15, 0.2) is 0 Å². The second-order valence-corrected chi connectivity index (χ2v) is 5.27. The van der Waals surface area contributed by atoms with E-state index in [-0.39, 0.29) is 11.8 Å². The smallest absolute Gasteiger partial charge is 0.232 e. The summed E-state index contributed by atoms with van der Waals surface area (Å²) in [6.45, 7) is 4.12. The van der Waals surface area contributed by atoms with Gasteiger partial charge in [-0.25, -0.2) is 0 Å². The first-order valence-corrected chi connectivity index (χ1v) is 6.61. The average molecular weight is 251 g/mol. The van der Waals surface area contributed by atoms with E-state index in [0.717, 1.165) is 23.2 Å². The molecule has 0 radical (unpaired) electrons. The van der Waals surface area contributed by atoms with Gasteiger partial charge in [-0.2, -0.15) is 0 Å². The number of benzene rings is 2. The van der Waals surface area contributed by atoms with Crippen LogP contribution in [0.3, 0.4) is 0 Å². The van der Waals surface area contributed by atoms with E-state index < -0.39 is 0 Å². The van der Waals surface area contributed by atoms with E-state index in [1.807, 2.05) is 19.1 Å². The lowest BCUT2D eigenvalue weighted by atomic mass is 9.92. The molecule has 2 nitrogen and oxygen atoms in total. The molecule has 0 aliphatic carbocycles. The third-order valence-electron chi connectivity index (χ3n) is 3.77. The van der Waals surface area contributed by atoms with Crippen molar-refractivity contribution in [3.63, 3.8) is 0 Å². The summed E-state index contributed by atoms with van der Waals surface area (Å²) in [5, 5.41) is 3.01. The number of carbonyl (C=O) groups is 1. The maximum atomic E-state index is 12.2. The molecule has 96 valence electrons. The second kappa shape index (κ2) is 4.54. The second-order valence-electron chi connectivity index (χ2n) is 5.27. The van der Waals surface area contributed by atoms with Gasteiger partial charge in [0.2, 0.25) is 5.91 Å². The molecule has 1 N–H and O–H groups in total. The first-order valence-electron chi connectivity index (χ1n) is 6.61. The van der Waals surface area contributed by atoms with Gasteiger partial charge in [0, 0.05) is 5.69 Å². The Labute approximate surface area is 113 Å². The van der Waals surface area contributed by atoms with Crippen LogP contribution in [0.4, 0.5) is 5.69 Å². The zero-order chi connectivity index (χ0) is 13.4. The summed E-state index contributed by atoms with van der Waals surface area (Å²) in [6.07, 6.45) is 0.768. The number of anilines is 1. The lowest BCUT2D eigenvalue weighted by molar-refractivity contribution is -0.117. The molecule has 2 aromatic carbocycles. The summed E-state index contributed by atoms with van der Waals surface area (Å²) in [4.78, 5) is 12.2. The first kappa shape index (κ1) is 12.0. The predicted molar refractivity (Wildman–Crippen MR) is 77.4 cm³/mol. The zero-order valence-electron chi connectivity index (χ0n) is 11.2. The number of hydrogen-bond acceptors (Lipinski definition) is 1. The molecule has 1 heterocycles. The Hall–Kier alpha value is -2.09. The number of hydrogen-bond donors (Lipinski definition) is 1. The van der Waals surface area contributed by atoms with E-state index in [1.165, 1.54) is 11.1 Å². The number of aryl methyl sites for hydroxylation is 2. The molecule has 3 rings (SSSR count). The SMILES string of the molecule is Cc1cccc(C[C@@H]2C(=O)Nc3c(C)cccc32)c1. The minimum atomic E-state index is -0.0586. The van der Waals surface area contributed by atoms with Crippen molar-refractivity contribution in [3.8, 4) is 0 Å². The summed E-state index contributed by atoms with van der Waals surface area (Å²) in [7, 11) is 0. The van der Waals surface area contributed by atoms with Crippen LogP contribution in [0, 0.1) is 13.8 Å². The maximum absolute atomic E-state index is 12.2. The Morgan fingerprint density at radius 3 is 2.68 bits per heavy atom. The van der Waals surface area contributed by atoms with Gasteiger partial charge in [0.1, 0.15) is 0 Å². The van der Waals surface area contributed by atoms with Crippen LogP contribution >= 0.6 is 0 Å². The monoisotopic (exact) mass is 251 g/mol. The van der Waals surface area contributed by atoms with E-state index >= 15 is 0 Å². The Morgan fingerprint density at radius 2 is 1.89 bits per heavy atom. The van der Waals surface area contributed by atoms with Crippen LogP contribution in [0.2, 0.25) is 0 Å². The van der Waals surface area contributed by atoms with Crippen molar-refractivity contribution in [3.05, 3.63) is 64.7 Å². The van der Waals surface area contributed by atoms with Crippen molar-refractivity contribution >= 4 is 11.6 Å². The molecule has 1 amide bonds. The molecule has 0 saturated heterocycles. The van der Waals surface area contributed by atoms with Gasteiger partial charge >= 0.3 is 0 Å². The van der Waals surface area contributed by atoms with Gasteiger partial charge in [-0.1, -0.05) is 48.0 Å². The molecular formula is C17H17NO. The number of nitrogens with one attached hydrogen (secondary N) is 1. The highest BCUT2D eigenvalue weighted by Crippen LogP contribution is 2.36. The molecule has 2 heteroatoms. The third kappa shape index (κ3) is 2.14. The van der Waals surface area contributed by atoms with Crippen molar-refractivity contribution in [2.24, 2.45) is 0 Å². The van der Waals surface area contributed by atoms with E-state index in [4.69, 9.17) is 0 Å². The van der Waals surface area contributed by atoms with Crippen LogP contribution in [0.15, 0.2) is 42.5 Å². The van der Waals surface area contributed by atoms with Gasteiger partial charge in [0.25, 0.3) is 0 Å². The van der Waals surface area contributed by atoms with E-state index in [1.54, 1.807) is 0 Å². The summed E-state index contributed by atoms with van der Waals surface area (Å²) in [6, 6.07) is 14.5. The summed E-state index contributed by atoms with van der Waals surface area (Å²) >= 11 is 0. The minimum absolute atomic E-state index is 0.0586. The molecular weight excluding hydrogens is 234 g/mol. The van der Waals surface area contributed by atoms with Gasteiger partial charge in [-0.05, 0) is 37.0 Å². The minimum Gasteiger partial charge on any atom is -0.325 e. The highest BCUT2D eigenvalue weighted by molar-refractivity contribution is 6.03. The Balaban J connectivity index is 1.95. The summed E-state index contributed by atoms with van der Waals surface area (Å²) in [5.74, 6) is 0.0579. The average Bonchev–Trinajstić information content (AvgIpc) is 2.69. The lowest BCUT2D eigenvalue weighted by Crippen LogP contribution is -2.14. The lowest BCUT2D eigenvalue weighted by Gasteiger charge is -2.09. The largest absolute Gasteiger partial charge is 0.325 e. The van der Waals surface area contributed by atoms with Crippen molar-refractivity contribution < 1.29 is 4.79 Å². The molecule has 19 heavy (non-hydrogen) atoms. The molecule has 0 fully saturated rings. The van der Waals surface area contributed by atoms with Crippen molar-refractivity contribution in [1.29, 1.82) is 0 Å². The van der Waals surface area contributed by atoms with Gasteiger partial charge in [-0.3, -0.25) is 4.79 Å². The first-order chi connectivity index (χ1) is 9.15. The fraction of sp³-hybridized carbons (Fsp3) is 0.235. The molecule has 1 atom stereocenters. The van der Waals surface area contributed by atoms with E-state index in [9.17, 15) is 4.79 Å². The Morgan fingerprint density at radius 1 is 1.11 bits per heavy atom. The summed E-state index contributed by atoms with van der Waals surface area (Å²) < 4.78 is 0. The van der Waals surface area contributed by atoms with Crippen LogP contribution in [-0.4, -0.2) is 5.91 Å². The number of fused-ring (bicyclic) bond motifs is 1. The predicted octanol–water partition coefficient (Wildman–Crippen LogP) is 3.58. The standard InChI is InChI=1S/C17H17NO/c1-11-5-3-7-13(9-11)10-15-14-8-4-6-12(2)16(14)18-17(15)19/h3-9,15H,10H2,1-2H3,(H,18,19)/t15-/m0/s1. The quantitative estimate of drug-likeness (QED) is 0.868. The van der Waals surface area contributed by atoms with E-state index in [2.05, 4.69) is 42.6 Å². The van der Waals surface area contributed by atoms with Gasteiger partial charge < -0.3 is 5.32 Å². The Kier molecular flexibility index (Phi) is 2.86. The number of amides is 1. The number of carbonyl (C=O) groups excluding carboxylic acids is 1. The van der Waals surface area contributed by atoms with Gasteiger partial charge in [0.05, 0.1) is 5.92 Å². The van der Waals surface area contributed by atoms with Crippen LogP contribution in [-0.2, 0) is 11.2 Å². The molecule has 0 saturated carbocycles. The molecule has 0 spiro atoms. The van der Waals surface area contributed by atoms with Gasteiger partial charge in [-0.15, -0.1) is 0 Å². The van der Waals surface area contributed by atoms with Crippen molar-refractivity contribution in [2.75, 3.05) is 5.32 Å². The molecule has 2 aromatic rings. The van der Waals surface area contributed by atoms with Crippen LogP contribution in [0.25, 0.3) is 0 Å². The van der Waals surface area contributed by atoms with Crippen LogP contribution < -0.4 is 5.32 Å². The molecule has 0 aromatic heterocycles. The highest BCUT2D eigenvalue weighted by Gasteiger charge is 2.31. The maximum Gasteiger partial charge on any atom is 0.232 e. The molecule has 0 unspecified atom stereocenters.